The summed E-state index contributed by atoms with van der Waals surface area (Å²) in [6.07, 6.45) is 0. The number of hydrogen-bond acceptors (Lipinski definition) is 7. The summed E-state index contributed by atoms with van der Waals surface area (Å²) in [5.41, 5.74) is 6.19. The molecule has 7 nitrogen and oxygen atoms in total. The van der Waals surface area contributed by atoms with Crippen molar-refractivity contribution >= 4 is 43.8 Å². The fourth-order valence-electron chi connectivity index (χ4n) is 2.47. The largest absolute Gasteiger partial charge is 0.468 e. The van der Waals surface area contributed by atoms with Crippen LogP contribution < -0.4 is 10.5 Å². The van der Waals surface area contributed by atoms with Gasteiger partial charge >= 0.3 is 11.9 Å². The fraction of sp³-hybridized carbons (Fsp3) is 0.267. The molecule has 0 saturated heterocycles. The van der Waals surface area contributed by atoms with Crippen LogP contribution in [0.3, 0.4) is 0 Å². The van der Waals surface area contributed by atoms with Gasteiger partial charge < -0.3 is 19.9 Å². The number of rotatable bonds is 3. The number of benzene rings is 1. The third-order valence-electron chi connectivity index (χ3n) is 3.49. The molecule has 0 amide bonds. The van der Waals surface area contributed by atoms with Crippen LogP contribution in [0.4, 0.5) is 0 Å². The van der Waals surface area contributed by atoms with Crippen LogP contribution in [-0.2, 0) is 19.1 Å². The number of fused-ring (bicyclic) bond motifs is 1. The Kier molecular flexibility index (Phi) is 5.51. The molecule has 2 N–H and O–H groups in total. The summed E-state index contributed by atoms with van der Waals surface area (Å²) >= 11 is 6.67. The van der Waals surface area contributed by atoms with Crippen LogP contribution in [0.25, 0.3) is 0 Å². The van der Waals surface area contributed by atoms with Crippen LogP contribution in [-0.4, -0.2) is 26.2 Å². The van der Waals surface area contributed by atoms with E-state index in [2.05, 4.69) is 36.6 Å². The highest BCUT2D eigenvalue weighted by atomic mass is 79.9. The number of methoxy groups -OCH3 is 2. The Balaban J connectivity index is 2.76. The lowest BCUT2D eigenvalue weighted by molar-refractivity contribution is -0.144. The van der Waals surface area contributed by atoms with Crippen LogP contribution in [0.1, 0.15) is 11.5 Å². The average Bonchev–Trinajstić information content (AvgIpc) is 2.55. The predicted octanol–water partition coefficient (Wildman–Crippen LogP) is 2.34. The molecule has 0 bridgehead atoms. The Hall–Kier alpha value is -2.05. The van der Waals surface area contributed by atoms with Gasteiger partial charge in [0.15, 0.2) is 5.92 Å². The van der Waals surface area contributed by atoms with Crippen molar-refractivity contribution in [1.82, 2.24) is 0 Å². The summed E-state index contributed by atoms with van der Waals surface area (Å²) in [6, 6.07) is 5.23. The van der Waals surface area contributed by atoms with Crippen LogP contribution in [0.5, 0.6) is 5.75 Å². The molecule has 0 fully saturated rings. The molecular formula is C15H12Br2N2O5. The van der Waals surface area contributed by atoms with E-state index < -0.39 is 23.8 Å². The molecule has 0 aliphatic carbocycles. The molecule has 126 valence electrons. The second kappa shape index (κ2) is 7.23. The Bertz CT molecular complexity index is 785. The third kappa shape index (κ3) is 3.12. The molecule has 1 heterocycles. The van der Waals surface area contributed by atoms with Gasteiger partial charge in [0.1, 0.15) is 11.3 Å². The van der Waals surface area contributed by atoms with Crippen molar-refractivity contribution in [1.29, 1.82) is 5.26 Å². The summed E-state index contributed by atoms with van der Waals surface area (Å²) in [5.74, 6) is -3.79. The van der Waals surface area contributed by atoms with Crippen molar-refractivity contribution in [2.24, 2.45) is 11.7 Å². The van der Waals surface area contributed by atoms with E-state index in [1.54, 1.807) is 12.1 Å². The zero-order valence-electron chi connectivity index (χ0n) is 12.6. The second-order valence-corrected chi connectivity index (χ2v) is 6.56. The molecule has 2 atom stereocenters. The van der Waals surface area contributed by atoms with Gasteiger partial charge in [0, 0.05) is 10.0 Å². The van der Waals surface area contributed by atoms with Crippen molar-refractivity contribution in [2.75, 3.05) is 14.2 Å². The molecule has 1 aromatic carbocycles. The third-order valence-corrected chi connectivity index (χ3v) is 4.54. The normalized spacial score (nSPS) is 17.2. The van der Waals surface area contributed by atoms with Crippen molar-refractivity contribution in [3.05, 3.63) is 38.1 Å². The van der Waals surface area contributed by atoms with Crippen molar-refractivity contribution in [2.45, 2.75) is 5.92 Å². The van der Waals surface area contributed by atoms with Gasteiger partial charge in [-0.25, -0.2) is 4.79 Å². The van der Waals surface area contributed by atoms with Crippen molar-refractivity contribution in [3.8, 4) is 11.8 Å². The number of ether oxygens (including phenoxy) is 3. The van der Waals surface area contributed by atoms with Crippen LogP contribution in [0.2, 0.25) is 0 Å². The standard InChI is InChI=1S/C15H12Br2N2O5/c1-22-14(20)8(5-18)10-7-3-6(16)4-9(17)12(7)24-13(19)11(10)15(21)23-2/h3-4,8,10H,19H2,1-2H3/t8-,10+/m0/s1. The minimum Gasteiger partial charge on any atom is -0.468 e. The average molecular weight is 460 g/mol. The molecule has 0 unspecified atom stereocenters. The Morgan fingerprint density at radius 1 is 1.33 bits per heavy atom. The highest BCUT2D eigenvalue weighted by molar-refractivity contribution is 9.11. The quantitative estimate of drug-likeness (QED) is 0.690. The first-order valence-electron chi connectivity index (χ1n) is 6.57. The Labute approximate surface area is 154 Å². The highest BCUT2D eigenvalue weighted by Gasteiger charge is 2.43. The summed E-state index contributed by atoms with van der Waals surface area (Å²) in [7, 11) is 2.33. The maximum atomic E-state index is 12.2. The number of carbonyl (C=O) groups excluding carboxylic acids is 2. The van der Waals surface area contributed by atoms with Gasteiger partial charge in [-0.05, 0) is 28.1 Å². The minimum atomic E-state index is -1.30. The van der Waals surface area contributed by atoms with E-state index >= 15 is 0 Å². The first kappa shape index (κ1) is 18.3. The molecule has 1 aliphatic heterocycles. The number of nitriles is 1. The molecule has 1 aliphatic rings. The van der Waals surface area contributed by atoms with Crippen LogP contribution >= 0.6 is 31.9 Å². The van der Waals surface area contributed by atoms with Gasteiger partial charge in [-0.15, -0.1) is 0 Å². The molecule has 0 radical (unpaired) electrons. The Morgan fingerprint density at radius 3 is 2.54 bits per heavy atom. The second-order valence-electron chi connectivity index (χ2n) is 4.79. The van der Waals surface area contributed by atoms with E-state index in [9.17, 15) is 14.9 Å². The van der Waals surface area contributed by atoms with Gasteiger partial charge in [-0.2, -0.15) is 5.26 Å². The minimum absolute atomic E-state index is 0.105. The molecule has 0 saturated carbocycles. The molecular weight excluding hydrogens is 448 g/mol. The summed E-state index contributed by atoms with van der Waals surface area (Å²) < 4.78 is 16.1. The zero-order chi connectivity index (χ0) is 18.0. The van der Waals surface area contributed by atoms with E-state index in [0.29, 0.717) is 20.3 Å². The molecule has 0 spiro atoms. The number of nitrogens with zero attached hydrogens (tertiary/aromatic N) is 1. The summed E-state index contributed by atoms with van der Waals surface area (Å²) in [4.78, 5) is 24.2. The lowest BCUT2D eigenvalue weighted by Crippen LogP contribution is -2.33. The first-order valence-corrected chi connectivity index (χ1v) is 8.16. The molecule has 9 heteroatoms. The lowest BCUT2D eigenvalue weighted by Gasteiger charge is -2.30. The van der Waals surface area contributed by atoms with E-state index in [1.165, 1.54) is 7.11 Å². The van der Waals surface area contributed by atoms with Gasteiger partial charge in [-0.3, -0.25) is 4.79 Å². The van der Waals surface area contributed by atoms with Crippen LogP contribution in [0, 0.1) is 17.2 Å². The van der Waals surface area contributed by atoms with Gasteiger partial charge in [0.2, 0.25) is 5.88 Å². The SMILES string of the molecule is COC(=O)C1=C(N)Oc2c(Br)cc(Br)cc2[C@@H]1[C@H](C#N)C(=O)OC. The lowest BCUT2D eigenvalue weighted by atomic mass is 9.79. The molecule has 2 rings (SSSR count). The first-order chi connectivity index (χ1) is 11.3. The smallest absolute Gasteiger partial charge is 0.339 e. The van der Waals surface area contributed by atoms with E-state index in [0.717, 1.165) is 7.11 Å². The number of carbonyl (C=O) groups is 2. The fourth-order valence-corrected chi connectivity index (χ4v) is 3.81. The highest BCUT2D eigenvalue weighted by Crippen LogP contribution is 2.47. The zero-order valence-corrected chi connectivity index (χ0v) is 15.8. The number of esters is 2. The molecule has 0 aromatic heterocycles. The van der Waals surface area contributed by atoms with Gasteiger partial charge in [0.05, 0.1) is 30.7 Å². The van der Waals surface area contributed by atoms with Crippen molar-refractivity contribution < 1.29 is 23.8 Å². The van der Waals surface area contributed by atoms with E-state index in [1.807, 2.05) is 6.07 Å². The van der Waals surface area contributed by atoms with Crippen LogP contribution in [0.15, 0.2) is 32.5 Å². The number of hydrogen-bond donors (Lipinski definition) is 1. The maximum absolute atomic E-state index is 12.2. The van der Waals surface area contributed by atoms with Gasteiger partial charge in [0.25, 0.3) is 0 Å². The Morgan fingerprint density at radius 2 is 2.00 bits per heavy atom. The van der Waals surface area contributed by atoms with Gasteiger partial charge in [-0.1, -0.05) is 15.9 Å². The summed E-state index contributed by atoms with van der Waals surface area (Å²) in [5, 5.41) is 9.47. The maximum Gasteiger partial charge on any atom is 0.339 e. The monoisotopic (exact) mass is 458 g/mol. The summed E-state index contributed by atoms with van der Waals surface area (Å²) in [6.45, 7) is 0. The molecule has 1 aromatic rings. The predicted molar refractivity (Wildman–Crippen MR) is 89.6 cm³/mol. The number of nitrogens with two attached hydrogens (primary N) is 1. The van der Waals surface area contributed by atoms with Crippen molar-refractivity contribution in [3.63, 3.8) is 0 Å². The van der Waals surface area contributed by atoms with E-state index in [-0.39, 0.29) is 11.5 Å². The van der Waals surface area contributed by atoms with E-state index in [4.69, 9.17) is 15.2 Å². The number of halogens is 2. The molecule has 24 heavy (non-hydrogen) atoms. The topological polar surface area (TPSA) is 112 Å².